The van der Waals surface area contributed by atoms with E-state index in [9.17, 15) is 9.18 Å². The zero-order chi connectivity index (χ0) is 15.0. The molecule has 21 heavy (non-hydrogen) atoms. The number of rotatable bonds is 5. The highest BCUT2D eigenvalue weighted by Gasteiger charge is 2.22. The molecule has 0 unspecified atom stereocenters. The molecule has 7 heteroatoms. The molecule has 1 aliphatic rings. The number of nitrogens with zero attached hydrogens (tertiary/aromatic N) is 2. The van der Waals surface area contributed by atoms with Crippen LogP contribution in [0, 0.1) is 5.82 Å². The van der Waals surface area contributed by atoms with E-state index in [-0.39, 0.29) is 11.7 Å². The molecule has 1 aromatic carbocycles. The molecule has 3 rings (SSSR count). The second-order valence-corrected chi connectivity index (χ2v) is 6.18. The minimum atomic E-state index is -0.365. The number of nitrogen functional groups attached to an aromatic ring is 1. The predicted molar refractivity (Wildman–Crippen MR) is 82.2 cm³/mol. The first-order valence-electron chi connectivity index (χ1n) is 6.94. The van der Waals surface area contributed by atoms with Crippen LogP contribution in [0.25, 0.3) is 11.0 Å². The van der Waals surface area contributed by atoms with E-state index in [0.717, 1.165) is 18.4 Å². The maximum atomic E-state index is 13.5. The summed E-state index contributed by atoms with van der Waals surface area (Å²) in [6, 6.07) is 3.40. The molecule has 2 aromatic rings. The molecule has 1 fully saturated rings. The van der Waals surface area contributed by atoms with Crippen LogP contribution in [0.5, 0.6) is 0 Å². The van der Waals surface area contributed by atoms with Gasteiger partial charge < -0.3 is 15.6 Å². The summed E-state index contributed by atoms with van der Waals surface area (Å²) in [6.45, 7) is 0.582. The number of fused-ring (bicyclic) bond motifs is 1. The average Bonchev–Trinajstić information content (AvgIpc) is 3.18. The van der Waals surface area contributed by atoms with Crippen molar-refractivity contribution in [3.8, 4) is 0 Å². The number of hydrogen-bond acceptors (Lipinski definition) is 3. The van der Waals surface area contributed by atoms with Crippen molar-refractivity contribution in [2.24, 2.45) is 0 Å². The lowest BCUT2D eigenvalue weighted by atomic mass is 10.2. The van der Waals surface area contributed by atoms with Crippen LogP contribution >= 0.6 is 15.9 Å². The van der Waals surface area contributed by atoms with Gasteiger partial charge in [-0.1, -0.05) is 0 Å². The lowest BCUT2D eigenvalue weighted by Gasteiger charge is -2.07. The number of nitrogens with two attached hydrogens (primary N) is 1. The van der Waals surface area contributed by atoms with E-state index in [1.165, 1.54) is 6.07 Å². The minimum Gasteiger partial charge on any atom is -0.369 e. The Morgan fingerprint density at radius 1 is 1.52 bits per heavy atom. The summed E-state index contributed by atoms with van der Waals surface area (Å²) in [5.41, 5.74) is 7.17. The van der Waals surface area contributed by atoms with Gasteiger partial charge in [-0.15, -0.1) is 0 Å². The first-order valence-corrected chi connectivity index (χ1v) is 7.74. The Balaban J connectivity index is 1.69. The van der Waals surface area contributed by atoms with Crippen LogP contribution in [-0.2, 0) is 11.3 Å². The summed E-state index contributed by atoms with van der Waals surface area (Å²) in [5, 5.41) is 2.95. The largest absolute Gasteiger partial charge is 0.369 e. The summed E-state index contributed by atoms with van der Waals surface area (Å²) in [4.78, 5) is 15.8. The molecule has 1 aliphatic carbocycles. The van der Waals surface area contributed by atoms with E-state index in [1.807, 2.05) is 4.57 Å². The number of carbonyl (C=O) groups excluding carboxylic acids is 1. The molecule has 0 saturated heterocycles. The SMILES string of the molecule is Nc1nc2cc(F)c(Br)cc2n1CCCC(=O)NC1CC1. The van der Waals surface area contributed by atoms with Gasteiger partial charge in [0.2, 0.25) is 11.9 Å². The normalized spacial score (nSPS) is 14.6. The highest BCUT2D eigenvalue weighted by atomic mass is 79.9. The Morgan fingerprint density at radius 2 is 2.29 bits per heavy atom. The second-order valence-electron chi connectivity index (χ2n) is 5.32. The van der Waals surface area contributed by atoms with Crippen LogP contribution in [0.3, 0.4) is 0 Å². The molecule has 0 radical (unpaired) electrons. The number of aromatic nitrogens is 2. The van der Waals surface area contributed by atoms with Crippen molar-refractivity contribution in [2.75, 3.05) is 5.73 Å². The lowest BCUT2D eigenvalue weighted by molar-refractivity contribution is -0.121. The van der Waals surface area contributed by atoms with Crippen molar-refractivity contribution >= 4 is 38.8 Å². The third kappa shape index (κ3) is 3.18. The molecular formula is C14H16BrFN4O. The van der Waals surface area contributed by atoms with Crippen LogP contribution in [0.2, 0.25) is 0 Å². The summed E-state index contributed by atoms with van der Waals surface area (Å²) in [7, 11) is 0. The molecule has 5 nitrogen and oxygen atoms in total. The van der Waals surface area contributed by atoms with Crippen LogP contribution in [0.15, 0.2) is 16.6 Å². The molecule has 0 aliphatic heterocycles. The number of amides is 1. The number of aryl methyl sites for hydroxylation is 1. The molecule has 0 spiro atoms. The van der Waals surface area contributed by atoms with Gasteiger partial charge in [-0.2, -0.15) is 0 Å². The smallest absolute Gasteiger partial charge is 0.220 e. The highest BCUT2D eigenvalue weighted by molar-refractivity contribution is 9.10. The number of benzene rings is 1. The van der Waals surface area contributed by atoms with Crippen molar-refractivity contribution < 1.29 is 9.18 Å². The number of anilines is 1. The van der Waals surface area contributed by atoms with Crippen molar-refractivity contribution in [3.63, 3.8) is 0 Å². The fraction of sp³-hybridized carbons (Fsp3) is 0.429. The summed E-state index contributed by atoms with van der Waals surface area (Å²) in [6.07, 6.45) is 3.30. The number of nitrogens with one attached hydrogen (secondary N) is 1. The van der Waals surface area contributed by atoms with Crippen LogP contribution < -0.4 is 11.1 Å². The maximum Gasteiger partial charge on any atom is 0.220 e. The van der Waals surface area contributed by atoms with E-state index >= 15 is 0 Å². The second kappa shape index (κ2) is 5.63. The van der Waals surface area contributed by atoms with Crippen LogP contribution in [-0.4, -0.2) is 21.5 Å². The maximum absolute atomic E-state index is 13.5. The van der Waals surface area contributed by atoms with E-state index in [1.54, 1.807) is 6.07 Å². The van der Waals surface area contributed by atoms with Gasteiger partial charge in [0.1, 0.15) is 5.82 Å². The summed E-state index contributed by atoms with van der Waals surface area (Å²) >= 11 is 3.16. The fourth-order valence-corrected chi connectivity index (χ4v) is 2.63. The molecular weight excluding hydrogens is 339 g/mol. The van der Waals surface area contributed by atoms with Gasteiger partial charge in [-0.25, -0.2) is 9.37 Å². The van der Waals surface area contributed by atoms with E-state index in [0.29, 0.717) is 41.4 Å². The summed E-state index contributed by atoms with van der Waals surface area (Å²) in [5.74, 6) is 0.0498. The third-order valence-corrected chi connectivity index (χ3v) is 4.16. The third-order valence-electron chi connectivity index (χ3n) is 3.55. The molecule has 3 N–H and O–H groups in total. The molecule has 0 atom stereocenters. The Hall–Kier alpha value is -1.63. The molecule has 1 saturated carbocycles. The Bertz CT molecular complexity index is 696. The Labute approximate surface area is 129 Å². The first kappa shape index (κ1) is 14.3. The number of hydrogen-bond donors (Lipinski definition) is 2. The molecule has 1 heterocycles. The molecule has 1 aromatic heterocycles. The monoisotopic (exact) mass is 354 g/mol. The fourth-order valence-electron chi connectivity index (χ4n) is 2.30. The van der Waals surface area contributed by atoms with Crippen LogP contribution in [0.1, 0.15) is 25.7 Å². The van der Waals surface area contributed by atoms with Gasteiger partial charge in [0.15, 0.2) is 0 Å². The standard InChI is InChI=1S/C14H16BrFN4O/c15-9-6-12-11(7-10(9)16)19-14(17)20(12)5-1-2-13(21)18-8-3-4-8/h6-8H,1-5H2,(H2,17,19)(H,18,21). The van der Waals surface area contributed by atoms with Crippen LogP contribution in [0.4, 0.5) is 10.3 Å². The minimum absolute atomic E-state index is 0.0766. The van der Waals surface area contributed by atoms with Gasteiger partial charge in [0.25, 0.3) is 0 Å². The first-order chi connectivity index (χ1) is 10.0. The number of imidazole rings is 1. The van der Waals surface area contributed by atoms with Gasteiger partial charge in [-0.05, 0) is 41.3 Å². The predicted octanol–water partition coefficient (Wildman–Crippen LogP) is 2.58. The Morgan fingerprint density at radius 3 is 3.00 bits per heavy atom. The van der Waals surface area contributed by atoms with Gasteiger partial charge >= 0.3 is 0 Å². The number of carbonyl (C=O) groups is 1. The average molecular weight is 355 g/mol. The molecule has 1 amide bonds. The Kier molecular flexibility index (Phi) is 3.84. The van der Waals surface area contributed by atoms with E-state index in [4.69, 9.17) is 5.73 Å². The van der Waals surface area contributed by atoms with Gasteiger partial charge in [0.05, 0.1) is 15.5 Å². The van der Waals surface area contributed by atoms with Crippen molar-refractivity contribution in [1.29, 1.82) is 0 Å². The van der Waals surface area contributed by atoms with E-state index < -0.39 is 0 Å². The topological polar surface area (TPSA) is 72.9 Å². The molecule has 112 valence electrons. The quantitative estimate of drug-likeness (QED) is 0.866. The zero-order valence-electron chi connectivity index (χ0n) is 11.4. The van der Waals surface area contributed by atoms with Crippen molar-refractivity contribution in [3.05, 3.63) is 22.4 Å². The molecule has 0 bridgehead atoms. The van der Waals surface area contributed by atoms with Crippen molar-refractivity contribution in [1.82, 2.24) is 14.9 Å². The summed E-state index contributed by atoms with van der Waals surface area (Å²) < 4.78 is 15.7. The van der Waals surface area contributed by atoms with Gasteiger partial charge in [0, 0.05) is 25.1 Å². The number of halogens is 2. The van der Waals surface area contributed by atoms with Crippen molar-refractivity contribution in [2.45, 2.75) is 38.3 Å². The lowest BCUT2D eigenvalue weighted by Crippen LogP contribution is -2.25. The van der Waals surface area contributed by atoms with Gasteiger partial charge in [-0.3, -0.25) is 4.79 Å². The highest BCUT2D eigenvalue weighted by Crippen LogP contribution is 2.25. The van der Waals surface area contributed by atoms with E-state index in [2.05, 4.69) is 26.2 Å². The zero-order valence-corrected chi connectivity index (χ0v) is 13.0.